The lowest BCUT2D eigenvalue weighted by Crippen LogP contribution is -1.95. The van der Waals surface area contributed by atoms with Gasteiger partial charge in [-0.05, 0) is 44.0 Å². The van der Waals surface area contributed by atoms with E-state index in [-0.39, 0.29) is 0 Å². The lowest BCUT2D eigenvalue weighted by Gasteiger charge is -2.12. The normalized spacial score (nSPS) is 12.0. The van der Waals surface area contributed by atoms with Gasteiger partial charge in [-0.15, -0.1) is 11.8 Å². The number of aliphatic hydroxyl groups is 1. The molecule has 0 heterocycles. The third-order valence-corrected chi connectivity index (χ3v) is 4.41. The summed E-state index contributed by atoms with van der Waals surface area (Å²) in [5, 5.41) is 18.9. The van der Waals surface area contributed by atoms with Crippen molar-refractivity contribution in [2.45, 2.75) is 37.5 Å². The van der Waals surface area contributed by atoms with Crippen LogP contribution in [0.25, 0.3) is 0 Å². The molecule has 0 amide bonds. The Bertz CT molecular complexity index is 666. The smallest absolute Gasteiger partial charge is 0.0992 e. The molecule has 0 fully saturated rings. The van der Waals surface area contributed by atoms with Crippen molar-refractivity contribution in [1.82, 2.24) is 0 Å². The maximum Gasteiger partial charge on any atom is 0.0992 e. The standard InChI is InChI=1S/C18H19NOS/c1-12-6-13(2)8-16(7-12)11-21-18-9-15(10-19)4-5-17(18)14(3)20/h4-9,14,20H,11H2,1-3H3/t14-/m1/s1. The molecule has 1 atom stereocenters. The van der Waals surface area contributed by atoms with Gasteiger partial charge in [0.15, 0.2) is 0 Å². The minimum Gasteiger partial charge on any atom is -0.389 e. The second-order valence-corrected chi connectivity index (χ2v) is 6.34. The molecule has 2 aromatic rings. The van der Waals surface area contributed by atoms with E-state index < -0.39 is 6.10 Å². The van der Waals surface area contributed by atoms with E-state index in [1.807, 2.05) is 12.1 Å². The first-order valence-corrected chi connectivity index (χ1v) is 7.90. The Morgan fingerprint density at radius 3 is 2.38 bits per heavy atom. The zero-order valence-corrected chi connectivity index (χ0v) is 13.4. The van der Waals surface area contributed by atoms with Crippen molar-refractivity contribution in [2.75, 3.05) is 0 Å². The Kier molecular flexibility index (Phi) is 5.06. The molecule has 0 aliphatic carbocycles. The van der Waals surface area contributed by atoms with Crippen LogP contribution in [-0.4, -0.2) is 5.11 Å². The average Bonchev–Trinajstić information content (AvgIpc) is 2.43. The highest BCUT2D eigenvalue weighted by molar-refractivity contribution is 7.98. The summed E-state index contributed by atoms with van der Waals surface area (Å²) in [6.45, 7) is 5.94. The zero-order valence-electron chi connectivity index (χ0n) is 12.6. The number of thioether (sulfide) groups is 1. The number of hydrogen-bond acceptors (Lipinski definition) is 3. The van der Waals surface area contributed by atoms with E-state index in [0.29, 0.717) is 5.56 Å². The second-order valence-electron chi connectivity index (χ2n) is 5.33. The monoisotopic (exact) mass is 297 g/mol. The third kappa shape index (κ3) is 4.10. The molecule has 0 aliphatic heterocycles. The maximum atomic E-state index is 9.86. The molecule has 21 heavy (non-hydrogen) atoms. The highest BCUT2D eigenvalue weighted by Gasteiger charge is 2.10. The highest BCUT2D eigenvalue weighted by atomic mass is 32.2. The van der Waals surface area contributed by atoms with Crippen LogP contribution in [0.15, 0.2) is 41.3 Å². The molecule has 2 aromatic carbocycles. The van der Waals surface area contributed by atoms with Gasteiger partial charge in [0.25, 0.3) is 0 Å². The van der Waals surface area contributed by atoms with E-state index in [4.69, 9.17) is 5.26 Å². The molecule has 1 N–H and O–H groups in total. The summed E-state index contributed by atoms with van der Waals surface area (Å²) in [7, 11) is 0. The molecule has 3 heteroatoms. The molecular weight excluding hydrogens is 278 g/mol. The molecule has 0 radical (unpaired) electrons. The largest absolute Gasteiger partial charge is 0.389 e. The first-order valence-electron chi connectivity index (χ1n) is 6.91. The Morgan fingerprint density at radius 2 is 1.81 bits per heavy atom. The molecule has 0 bridgehead atoms. The lowest BCUT2D eigenvalue weighted by molar-refractivity contribution is 0.196. The van der Waals surface area contributed by atoms with E-state index >= 15 is 0 Å². The van der Waals surface area contributed by atoms with Crippen molar-refractivity contribution in [3.63, 3.8) is 0 Å². The molecular formula is C18H19NOS. The van der Waals surface area contributed by atoms with Gasteiger partial charge in [0, 0.05) is 10.6 Å². The molecule has 0 spiro atoms. The summed E-state index contributed by atoms with van der Waals surface area (Å²) in [5.74, 6) is 0.830. The molecule has 0 saturated heterocycles. The summed E-state index contributed by atoms with van der Waals surface area (Å²) in [5.41, 5.74) is 5.28. The van der Waals surface area contributed by atoms with Gasteiger partial charge in [-0.2, -0.15) is 5.26 Å². The van der Waals surface area contributed by atoms with Crippen LogP contribution in [0.5, 0.6) is 0 Å². The van der Waals surface area contributed by atoms with Gasteiger partial charge in [-0.1, -0.05) is 35.4 Å². The fourth-order valence-corrected chi connectivity index (χ4v) is 3.49. The molecule has 0 aromatic heterocycles. The van der Waals surface area contributed by atoms with Gasteiger partial charge >= 0.3 is 0 Å². The number of rotatable bonds is 4. The second kappa shape index (κ2) is 6.80. The van der Waals surface area contributed by atoms with Crippen LogP contribution >= 0.6 is 11.8 Å². The summed E-state index contributed by atoms with van der Waals surface area (Å²) >= 11 is 1.66. The van der Waals surface area contributed by atoms with Gasteiger partial charge in [-0.3, -0.25) is 0 Å². The molecule has 2 nitrogen and oxygen atoms in total. The van der Waals surface area contributed by atoms with Crippen LogP contribution in [-0.2, 0) is 5.75 Å². The molecule has 0 saturated carbocycles. The number of aliphatic hydroxyl groups excluding tert-OH is 1. The minimum atomic E-state index is -0.528. The van der Waals surface area contributed by atoms with Crippen molar-refractivity contribution in [3.05, 3.63) is 64.2 Å². The third-order valence-electron chi connectivity index (χ3n) is 3.27. The Balaban J connectivity index is 2.24. The molecule has 2 rings (SSSR count). The van der Waals surface area contributed by atoms with Crippen molar-refractivity contribution in [1.29, 1.82) is 5.26 Å². The van der Waals surface area contributed by atoms with E-state index in [9.17, 15) is 5.11 Å². The van der Waals surface area contributed by atoms with Crippen LogP contribution in [0.2, 0.25) is 0 Å². The minimum absolute atomic E-state index is 0.528. The van der Waals surface area contributed by atoms with E-state index in [1.54, 1.807) is 24.8 Å². The fraction of sp³-hybridized carbons (Fsp3) is 0.278. The quantitative estimate of drug-likeness (QED) is 0.844. The molecule has 0 unspecified atom stereocenters. The first kappa shape index (κ1) is 15.6. The number of nitrogens with zero attached hydrogens (tertiary/aromatic N) is 1. The van der Waals surface area contributed by atoms with Gasteiger partial charge in [0.2, 0.25) is 0 Å². The van der Waals surface area contributed by atoms with Gasteiger partial charge in [0.1, 0.15) is 0 Å². The van der Waals surface area contributed by atoms with Crippen LogP contribution in [0, 0.1) is 25.2 Å². The highest BCUT2D eigenvalue weighted by Crippen LogP contribution is 2.31. The van der Waals surface area contributed by atoms with Gasteiger partial charge in [0.05, 0.1) is 17.7 Å². The Hall–Kier alpha value is -1.76. The van der Waals surface area contributed by atoms with Crippen molar-refractivity contribution >= 4 is 11.8 Å². The first-order chi connectivity index (χ1) is 9.99. The predicted octanol–water partition coefficient (Wildman–Crippen LogP) is 4.52. The van der Waals surface area contributed by atoms with Crippen LogP contribution in [0.3, 0.4) is 0 Å². The number of aryl methyl sites for hydroxylation is 2. The number of nitriles is 1. The van der Waals surface area contributed by atoms with E-state index in [2.05, 4.69) is 38.1 Å². The summed E-state index contributed by atoms with van der Waals surface area (Å²) in [6, 6.07) is 14.1. The average molecular weight is 297 g/mol. The zero-order chi connectivity index (χ0) is 15.4. The van der Waals surface area contributed by atoms with Crippen molar-refractivity contribution in [2.24, 2.45) is 0 Å². The summed E-state index contributed by atoms with van der Waals surface area (Å²) in [6.07, 6.45) is -0.528. The van der Waals surface area contributed by atoms with Crippen LogP contribution < -0.4 is 0 Å². The Labute approximate surface area is 130 Å². The van der Waals surface area contributed by atoms with E-state index in [1.165, 1.54) is 16.7 Å². The van der Waals surface area contributed by atoms with E-state index in [0.717, 1.165) is 16.2 Å². The van der Waals surface area contributed by atoms with Crippen molar-refractivity contribution in [3.8, 4) is 6.07 Å². The molecule has 0 aliphatic rings. The van der Waals surface area contributed by atoms with Crippen LogP contribution in [0.1, 0.15) is 40.8 Å². The predicted molar refractivity (Wildman–Crippen MR) is 87.3 cm³/mol. The van der Waals surface area contributed by atoms with Crippen LogP contribution in [0.4, 0.5) is 0 Å². The SMILES string of the molecule is Cc1cc(C)cc(CSc2cc(C#N)ccc2[C@@H](C)O)c1. The maximum absolute atomic E-state index is 9.86. The Morgan fingerprint density at radius 1 is 1.14 bits per heavy atom. The number of hydrogen-bond donors (Lipinski definition) is 1. The van der Waals surface area contributed by atoms with Gasteiger partial charge in [-0.25, -0.2) is 0 Å². The summed E-state index contributed by atoms with van der Waals surface area (Å²) < 4.78 is 0. The fourth-order valence-electron chi connectivity index (χ4n) is 2.39. The molecule has 108 valence electrons. The van der Waals surface area contributed by atoms with Gasteiger partial charge < -0.3 is 5.11 Å². The summed E-state index contributed by atoms with van der Waals surface area (Å²) in [4.78, 5) is 0.975. The van der Waals surface area contributed by atoms with Crippen molar-refractivity contribution < 1.29 is 5.11 Å². The number of benzene rings is 2. The topological polar surface area (TPSA) is 44.0 Å². The lowest BCUT2D eigenvalue weighted by atomic mass is 10.1.